The van der Waals surface area contributed by atoms with Gasteiger partial charge in [0.15, 0.2) is 17.3 Å². The van der Waals surface area contributed by atoms with Crippen molar-refractivity contribution in [3.05, 3.63) is 17.7 Å². The molecule has 0 aliphatic carbocycles. The van der Waals surface area contributed by atoms with Crippen molar-refractivity contribution in [1.82, 2.24) is 4.90 Å². The first kappa shape index (κ1) is 19.9. The van der Waals surface area contributed by atoms with Gasteiger partial charge < -0.3 is 24.2 Å². The summed E-state index contributed by atoms with van der Waals surface area (Å²) in [4.78, 5) is 37.2. The monoisotopic (exact) mass is 383 g/mol. The highest BCUT2D eigenvalue weighted by molar-refractivity contribution is 7.99. The molecule has 142 valence electrons. The Kier molecular flexibility index (Phi) is 6.73. The van der Waals surface area contributed by atoms with Crippen LogP contribution in [-0.4, -0.2) is 66.7 Å². The maximum absolute atomic E-state index is 12.5. The first-order valence-corrected chi connectivity index (χ1v) is 9.01. The Morgan fingerprint density at radius 2 is 1.73 bits per heavy atom. The lowest BCUT2D eigenvalue weighted by atomic mass is 10.0. The summed E-state index contributed by atoms with van der Waals surface area (Å²) in [6.45, 7) is 0. The zero-order valence-electron chi connectivity index (χ0n) is 14.8. The first-order chi connectivity index (χ1) is 12.4. The number of benzene rings is 1. The minimum absolute atomic E-state index is 0.0367. The van der Waals surface area contributed by atoms with Gasteiger partial charge in [-0.15, -0.1) is 11.8 Å². The van der Waals surface area contributed by atoms with Crippen molar-refractivity contribution < 1.29 is 33.7 Å². The topological polar surface area (TPSA) is 102 Å². The van der Waals surface area contributed by atoms with Crippen molar-refractivity contribution in [2.24, 2.45) is 0 Å². The molecule has 26 heavy (non-hydrogen) atoms. The summed E-state index contributed by atoms with van der Waals surface area (Å²) in [7, 11) is 4.37. The van der Waals surface area contributed by atoms with Crippen LogP contribution in [0.4, 0.5) is 0 Å². The van der Waals surface area contributed by atoms with E-state index in [1.807, 2.05) is 0 Å². The lowest BCUT2D eigenvalue weighted by molar-refractivity contribution is -0.147. The zero-order chi connectivity index (χ0) is 19.3. The van der Waals surface area contributed by atoms with Gasteiger partial charge in [-0.25, -0.2) is 4.79 Å². The number of hydrogen-bond acceptors (Lipinski definition) is 7. The van der Waals surface area contributed by atoms with Gasteiger partial charge >= 0.3 is 5.97 Å². The van der Waals surface area contributed by atoms with Crippen LogP contribution < -0.4 is 14.2 Å². The molecule has 0 unspecified atom stereocenters. The van der Waals surface area contributed by atoms with Gasteiger partial charge in [-0.05, 0) is 12.1 Å². The van der Waals surface area contributed by atoms with Crippen LogP contribution in [0.3, 0.4) is 0 Å². The highest BCUT2D eigenvalue weighted by atomic mass is 32.2. The molecule has 8 nitrogen and oxygen atoms in total. The number of carbonyl (C=O) groups excluding carboxylic acids is 2. The Labute approximate surface area is 155 Å². The summed E-state index contributed by atoms with van der Waals surface area (Å²) in [5, 5.41) is 9.14. The van der Waals surface area contributed by atoms with Crippen molar-refractivity contribution in [1.29, 1.82) is 0 Å². The Bertz CT molecular complexity index is 681. The van der Waals surface area contributed by atoms with Gasteiger partial charge in [0.25, 0.3) is 0 Å². The van der Waals surface area contributed by atoms with E-state index >= 15 is 0 Å². The van der Waals surface area contributed by atoms with E-state index < -0.39 is 12.0 Å². The van der Waals surface area contributed by atoms with E-state index in [1.165, 1.54) is 50.1 Å². The van der Waals surface area contributed by atoms with Crippen molar-refractivity contribution in [2.45, 2.75) is 18.9 Å². The molecule has 9 heteroatoms. The van der Waals surface area contributed by atoms with Crippen LogP contribution in [0, 0.1) is 0 Å². The zero-order valence-corrected chi connectivity index (χ0v) is 15.6. The molecule has 1 aliphatic heterocycles. The molecule has 1 atom stereocenters. The van der Waals surface area contributed by atoms with E-state index in [0.29, 0.717) is 34.4 Å². The van der Waals surface area contributed by atoms with E-state index in [0.717, 1.165) is 0 Å². The number of thioether (sulfide) groups is 1. The fourth-order valence-electron chi connectivity index (χ4n) is 2.64. The minimum atomic E-state index is -1.03. The van der Waals surface area contributed by atoms with E-state index in [9.17, 15) is 14.4 Å². The predicted octanol–water partition coefficient (Wildman–Crippen LogP) is 1.66. The highest BCUT2D eigenvalue weighted by Crippen LogP contribution is 2.38. The first-order valence-electron chi connectivity index (χ1n) is 7.86. The molecule has 1 aliphatic rings. The molecule has 1 heterocycles. The van der Waals surface area contributed by atoms with Gasteiger partial charge in [0, 0.05) is 24.2 Å². The van der Waals surface area contributed by atoms with Crippen LogP contribution in [0.15, 0.2) is 12.1 Å². The van der Waals surface area contributed by atoms with Crippen molar-refractivity contribution >= 4 is 29.4 Å². The van der Waals surface area contributed by atoms with Gasteiger partial charge in [-0.1, -0.05) is 0 Å². The molecule has 1 fully saturated rings. The molecular weight excluding hydrogens is 362 g/mol. The molecule has 0 bridgehead atoms. The summed E-state index contributed by atoms with van der Waals surface area (Å²) >= 11 is 1.38. The molecule has 1 aromatic carbocycles. The molecule has 0 aromatic heterocycles. The summed E-state index contributed by atoms with van der Waals surface area (Å²) in [6, 6.07) is 2.23. The summed E-state index contributed by atoms with van der Waals surface area (Å²) < 4.78 is 15.6. The lowest BCUT2D eigenvalue weighted by Gasteiger charge is -2.20. The van der Waals surface area contributed by atoms with Gasteiger partial charge in [0.1, 0.15) is 6.04 Å². The molecular formula is C17H21NO7S. The summed E-state index contributed by atoms with van der Waals surface area (Å²) in [5.74, 6) is 0.127. The van der Waals surface area contributed by atoms with Gasteiger partial charge in [0.05, 0.1) is 27.2 Å². The SMILES string of the molecule is COc1cc(C(=O)CCC(=O)N2CSC[C@H]2C(=O)O)cc(OC)c1OC. The Balaban J connectivity index is 2.08. The number of nitrogens with zero attached hydrogens (tertiary/aromatic N) is 1. The third kappa shape index (κ3) is 4.21. The van der Waals surface area contributed by atoms with Gasteiger partial charge in [-0.2, -0.15) is 0 Å². The number of amides is 1. The Morgan fingerprint density at radius 3 is 2.23 bits per heavy atom. The van der Waals surface area contributed by atoms with Crippen molar-refractivity contribution in [2.75, 3.05) is 33.0 Å². The average Bonchev–Trinajstić information content (AvgIpc) is 3.14. The minimum Gasteiger partial charge on any atom is -0.493 e. The van der Waals surface area contributed by atoms with Crippen molar-refractivity contribution in [3.8, 4) is 17.2 Å². The van der Waals surface area contributed by atoms with Crippen LogP contribution in [0.5, 0.6) is 17.2 Å². The molecule has 0 saturated carbocycles. The number of hydrogen-bond donors (Lipinski definition) is 1. The molecule has 1 N–H and O–H groups in total. The Hall–Kier alpha value is -2.42. The smallest absolute Gasteiger partial charge is 0.327 e. The quantitative estimate of drug-likeness (QED) is 0.676. The van der Waals surface area contributed by atoms with E-state index in [-0.39, 0.29) is 24.5 Å². The predicted molar refractivity (Wildman–Crippen MR) is 95.3 cm³/mol. The number of Topliss-reactive ketones (excluding diaryl/α,β-unsaturated/α-hetero) is 1. The number of ketones is 1. The largest absolute Gasteiger partial charge is 0.493 e. The summed E-state index contributed by atoms with van der Waals surface area (Å²) in [5.41, 5.74) is 0.331. The normalized spacial score (nSPS) is 16.3. The molecule has 1 saturated heterocycles. The molecule has 1 amide bonds. The number of aliphatic carboxylic acids is 1. The van der Waals surface area contributed by atoms with Crippen LogP contribution in [0.1, 0.15) is 23.2 Å². The maximum atomic E-state index is 12.5. The number of rotatable bonds is 8. The number of carboxylic acid groups (broad SMARTS) is 1. The third-order valence-electron chi connectivity index (χ3n) is 4.04. The second-order valence-corrected chi connectivity index (χ2v) is 6.55. The lowest BCUT2D eigenvalue weighted by Crippen LogP contribution is -2.41. The van der Waals surface area contributed by atoms with Crippen LogP contribution >= 0.6 is 11.8 Å². The standard InChI is InChI=1S/C17H21NO7S/c1-23-13-6-10(7-14(24-2)16(13)25-3)12(19)4-5-15(20)18-9-26-8-11(18)17(21)22/h6-7,11H,4-5,8-9H2,1-3H3,(H,21,22)/t11-/m0/s1. The number of ether oxygens (including phenoxy) is 3. The van der Waals surface area contributed by atoms with Crippen LogP contribution in [0.2, 0.25) is 0 Å². The average molecular weight is 383 g/mol. The second kappa shape index (κ2) is 8.79. The highest BCUT2D eigenvalue weighted by Gasteiger charge is 2.34. The van der Waals surface area contributed by atoms with Crippen LogP contribution in [-0.2, 0) is 9.59 Å². The van der Waals surface area contributed by atoms with E-state index in [2.05, 4.69) is 0 Å². The fraction of sp³-hybridized carbons (Fsp3) is 0.471. The Morgan fingerprint density at radius 1 is 1.12 bits per heavy atom. The van der Waals surface area contributed by atoms with Crippen molar-refractivity contribution in [3.63, 3.8) is 0 Å². The molecule has 2 rings (SSSR count). The number of methoxy groups -OCH3 is 3. The number of carbonyl (C=O) groups is 3. The van der Waals surface area contributed by atoms with E-state index in [1.54, 1.807) is 0 Å². The molecule has 0 spiro atoms. The van der Waals surface area contributed by atoms with Gasteiger partial charge in [0.2, 0.25) is 11.7 Å². The van der Waals surface area contributed by atoms with E-state index in [4.69, 9.17) is 19.3 Å². The maximum Gasteiger partial charge on any atom is 0.327 e. The molecule has 1 aromatic rings. The third-order valence-corrected chi connectivity index (χ3v) is 5.05. The molecule has 0 radical (unpaired) electrons. The fourth-order valence-corrected chi connectivity index (χ4v) is 3.82. The number of carboxylic acids is 1. The van der Waals surface area contributed by atoms with Crippen LogP contribution in [0.25, 0.3) is 0 Å². The second-order valence-electron chi connectivity index (χ2n) is 5.55. The summed E-state index contributed by atoms with van der Waals surface area (Å²) in [6.07, 6.45) is -0.0925. The van der Waals surface area contributed by atoms with Gasteiger partial charge in [-0.3, -0.25) is 9.59 Å².